The SMILES string of the molecule is Cc1ccccc1NC(=S)N(CCN(C(C)C)C(C)C)[C@@H]1CCS(=O)(=O)C1. The molecule has 0 unspecified atom stereocenters. The minimum Gasteiger partial charge on any atom is -0.344 e. The van der Waals surface area contributed by atoms with Crippen molar-refractivity contribution >= 4 is 32.9 Å². The number of thiocarbonyl (C=S) groups is 1. The summed E-state index contributed by atoms with van der Waals surface area (Å²) in [6.45, 7) is 12.4. The molecule has 1 saturated heterocycles. The van der Waals surface area contributed by atoms with Gasteiger partial charge in [0.2, 0.25) is 0 Å². The van der Waals surface area contributed by atoms with Gasteiger partial charge in [-0.05, 0) is 64.9 Å². The summed E-state index contributed by atoms with van der Waals surface area (Å²) in [5.74, 6) is 0.436. The standard InChI is InChI=1S/C20H33N3O2S2/c1-15(2)22(16(3)4)11-12-23(18-10-13-27(24,25)14-18)20(26)21-19-9-7-6-8-17(19)5/h6-9,15-16,18H,10-14H2,1-5H3,(H,21,26)/t18-/m1/s1. The lowest BCUT2D eigenvalue weighted by molar-refractivity contribution is 0.155. The van der Waals surface area contributed by atoms with E-state index < -0.39 is 9.84 Å². The summed E-state index contributed by atoms with van der Waals surface area (Å²) in [4.78, 5) is 4.50. The van der Waals surface area contributed by atoms with Gasteiger partial charge in [-0.1, -0.05) is 18.2 Å². The van der Waals surface area contributed by atoms with Crippen LogP contribution in [0.2, 0.25) is 0 Å². The summed E-state index contributed by atoms with van der Waals surface area (Å²) < 4.78 is 24.1. The molecule has 0 aromatic heterocycles. The Labute approximate surface area is 170 Å². The van der Waals surface area contributed by atoms with Gasteiger partial charge in [0.1, 0.15) is 0 Å². The van der Waals surface area contributed by atoms with E-state index in [0.717, 1.165) is 17.8 Å². The topological polar surface area (TPSA) is 52.6 Å². The highest BCUT2D eigenvalue weighted by Gasteiger charge is 2.34. The summed E-state index contributed by atoms with van der Waals surface area (Å²) >= 11 is 5.71. The van der Waals surface area contributed by atoms with Gasteiger partial charge in [-0.2, -0.15) is 0 Å². The van der Waals surface area contributed by atoms with E-state index in [9.17, 15) is 8.42 Å². The van der Waals surface area contributed by atoms with E-state index in [1.165, 1.54) is 0 Å². The average Bonchev–Trinajstić information content (AvgIpc) is 2.92. The van der Waals surface area contributed by atoms with Crippen molar-refractivity contribution in [3.8, 4) is 0 Å². The van der Waals surface area contributed by atoms with Crippen molar-refractivity contribution in [1.82, 2.24) is 9.80 Å². The maximum absolute atomic E-state index is 12.0. The Morgan fingerprint density at radius 1 is 1.19 bits per heavy atom. The molecule has 7 heteroatoms. The summed E-state index contributed by atoms with van der Waals surface area (Å²) in [7, 11) is -2.97. The molecule has 0 amide bonds. The fourth-order valence-corrected chi connectivity index (χ4v) is 5.79. The van der Waals surface area contributed by atoms with E-state index in [2.05, 4.69) is 42.8 Å². The van der Waals surface area contributed by atoms with Gasteiger partial charge in [-0.15, -0.1) is 0 Å². The Kier molecular flexibility index (Phi) is 7.65. The third kappa shape index (κ3) is 6.16. The zero-order valence-corrected chi connectivity index (χ0v) is 18.7. The van der Waals surface area contributed by atoms with Crippen LogP contribution in [0.5, 0.6) is 0 Å². The van der Waals surface area contributed by atoms with E-state index in [1.54, 1.807) is 0 Å². The van der Waals surface area contributed by atoms with E-state index >= 15 is 0 Å². The highest BCUT2D eigenvalue weighted by atomic mass is 32.2. The minimum atomic E-state index is -2.97. The molecule has 1 atom stereocenters. The monoisotopic (exact) mass is 411 g/mol. The molecule has 2 rings (SSSR count). The Hall–Kier alpha value is -1.18. The number of para-hydroxylation sites is 1. The number of nitrogens with zero attached hydrogens (tertiary/aromatic N) is 2. The van der Waals surface area contributed by atoms with Gasteiger partial charge in [-0.25, -0.2) is 8.42 Å². The Bertz CT molecular complexity index is 739. The number of benzene rings is 1. The van der Waals surface area contributed by atoms with Gasteiger partial charge in [0, 0.05) is 36.9 Å². The second-order valence-electron chi connectivity index (χ2n) is 7.92. The van der Waals surface area contributed by atoms with Crippen molar-refractivity contribution < 1.29 is 8.42 Å². The lowest BCUT2D eigenvalue weighted by Gasteiger charge is -2.36. The van der Waals surface area contributed by atoms with E-state index in [0.29, 0.717) is 30.2 Å². The third-order valence-corrected chi connectivity index (χ3v) is 7.31. The molecule has 27 heavy (non-hydrogen) atoms. The van der Waals surface area contributed by atoms with E-state index in [4.69, 9.17) is 12.2 Å². The highest BCUT2D eigenvalue weighted by molar-refractivity contribution is 7.91. The van der Waals surface area contributed by atoms with Crippen LogP contribution in [-0.4, -0.2) is 66.1 Å². The zero-order chi connectivity index (χ0) is 20.2. The van der Waals surface area contributed by atoms with Crippen LogP contribution in [-0.2, 0) is 9.84 Å². The van der Waals surface area contributed by atoms with Gasteiger partial charge in [-0.3, -0.25) is 4.90 Å². The third-order valence-electron chi connectivity index (χ3n) is 5.22. The molecule has 0 radical (unpaired) electrons. The van der Waals surface area contributed by atoms with Crippen LogP contribution < -0.4 is 5.32 Å². The van der Waals surface area contributed by atoms with Crippen LogP contribution in [0.1, 0.15) is 39.7 Å². The molecule has 0 bridgehead atoms. The molecule has 0 spiro atoms. The van der Waals surface area contributed by atoms with Crippen molar-refractivity contribution in [2.24, 2.45) is 0 Å². The summed E-state index contributed by atoms with van der Waals surface area (Å²) in [6, 6.07) is 8.80. The smallest absolute Gasteiger partial charge is 0.173 e. The zero-order valence-electron chi connectivity index (χ0n) is 17.1. The first-order valence-corrected chi connectivity index (χ1v) is 11.9. The number of rotatable bonds is 7. The fourth-order valence-electron chi connectivity index (χ4n) is 3.71. The molecule has 0 aliphatic carbocycles. The maximum atomic E-state index is 12.0. The lowest BCUT2D eigenvalue weighted by Crippen LogP contribution is -2.49. The average molecular weight is 412 g/mol. The molecule has 1 fully saturated rings. The van der Waals surface area contributed by atoms with E-state index in [1.807, 2.05) is 31.2 Å². The van der Waals surface area contributed by atoms with Crippen LogP contribution in [0.25, 0.3) is 0 Å². The second-order valence-corrected chi connectivity index (χ2v) is 10.5. The van der Waals surface area contributed by atoms with Crippen molar-refractivity contribution in [2.75, 3.05) is 29.9 Å². The van der Waals surface area contributed by atoms with E-state index in [-0.39, 0.29) is 17.5 Å². The van der Waals surface area contributed by atoms with Crippen molar-refractivity contribution in [2.45, 2.75) is 59.2 Å². The summed E-state index contributed by atoms with van der Waals surface area (Å²) in [5, 5.41) is 3.95. The van der Waals surface area contributed by atoms with Crippen LogP contribution in [0.3, 0.4) is 0 Å². The van der Waals surface area contributed by atoms with Gasteiger partial charge in [0.05, 0.1) is 11.5 Å². The first kappa shape index (κ1) is 22.1. The highest BCUT2D eigenvalue weighted by Crippen LogP contribution is 2.21. The Morgan fingerprint density at radius 3 is 2.33 bits per heavy atom. The largest absolute Gasteiger partial charge is 0.344 e. The summed E-state index contributed by atoms with van der Waals surface area (Å²) in [5.41, 5.74) is 2.09. The number of anilines is 1. The van der Waals surface area contributed by atoms with Crippen molar-refractivity contribution in [1.29, 1.82) is 0 Å². The van der Waals surface area contributed by atoms with Crippen LogP contribution >= 0.6 is 12.2 Å². The predicted molar refractivity (Wildman–Crippen MR) is 118 cm³/mol. The van der Waals surface area contributed by atoms with Crippen molar-refractivity contribution in [3.05, 3.63) is 29.8 Å². The quantitative estimate of drug-likeness (QED) is 0.695. The molecule has 1 aromatic carbocycles. The molecule has 1 aromatic rings. The maximum Gasteiger partial charge on any atom is 0.173 e. The lowest BCUT2D eigenvalue weighted by atomic mass is 10.2. The molecule has 1 aliphatic heterocycles. The molecule has 152 valence electrons. The van der Waals surface area contributed by atoms with Crippen LogP contribution in [0.4, 0.5) is 5.69 Å². The summed E-state index contributed by atoms with van der Waals surface area (Å²) in [6.07, 6.45) is 0.640. The molecule has 1 aliphatic rings. The number of hydrogen-bond donors (Lipinski definition) is 1. The Balaban J connectivity index is 2.16. The normalized spacial score (nSPS) is 19.0. The van der Waals surface area contributed by atoms with Crippen LogP contribution in [0, 0.1) is 6.92 Å². The molecule has 0 saturated carbocycles. The molecular formula is C20H33N3O2S2. The molecule has 1 heterocycles. The number of hydrogen-bond acceptors (Lipinski definition) is 4. The van der Waals surface area contributed by atoms with Crippen LogP contribution in [0.15, 0.2) is 24.3 Å². The first-order valence-electron chi connectivity index (χ1n) is 9.70. The van der Waals surface area contributed by atoms with Gasteiger partial charge in [0.15, 0.2) is 14.9 Å². The van der Waals surface area contributed by atoms with Gasteiger partial charge < -0.3 is 10.2 Å². The van der Waals surface area contributed by atoms with Gasteiger partial charge >= 0.3 is 0 Å². The molecule has 1 N–H and O–H groups in total. The predicted octanol–water partition coefficient (Wildman–Crippen LogP) is 3.30. The minimum absolute atomic E-state index is 0.0554. The second kappa shape index (κ2) is 9.34. The number of aryl methyl sites for hydroxylation is 1. The number of sulfone groups is 1. The fraction of sp³-hybridized carbons (Fsp3) is 0.650. The first-order chi connectivity index (χ1) is 12.6. The van der Waals surface area contributed by atoms with Gasteiger partial charge in [0.25, 0.3) is 0 Å². The molecule has 5 nitrogen and oxygen atoms in total. The number of nitrogens with one attached hydrogen (secondary N) is 1. The Morgan fingerprint density at radius 2 is 1.81 bits per heavy atom. The molecular weight excluding hydrogens is 378 g/mol. The van der Waals surface area contributed by atoms with Crippen molar-refractivity contribution in [3.63, 3.8) is 0 Å².